The molecule has 2 aromatic rings. The maximum Gasteiger partial charge on any atom is 0.275 e. The van der Waals surface area contributed by atoms with Crippen LogP contribution in [0.25, 0.3) is 10.8 Å². The first-order chi connectivity index (χ1) is 12.1. The molecule has 0 radical (unpaired) electrons. The van der Waals surface area contributed by atoms with Gasteiger partial charge in [-0.05, 0) is 18.6 Å². The topological polar surface area (TPSA) is 96.3 Å². The maximum absolute atomic E-state index is 12.9. The van der Waals surface area contributed by atoms with Crippen molar-refractivity contribution in [3.05, 3.63) is 34.7 Å². The molecule has 0 spiro atoms. The molecule has 25 heavy (non-hydrogen) atoms. The number of aromatic nitrogens is 2. The number of benzene rings is 1. The van der Waals surface area contributed by atoms with E-state index < -0.39 is 11.9 Å². The molecule has 1 atom stereocenters. The van der Waals surface area contributed by atoms with Crippen molar-refractivity contribution < 1.29 is 9.59 Å². The van der Waals surface area contributed by atoms with Gasteiger partial charge in [-0.2, -0.15) is 5.10 Å². The summed E-state index contributed by atoms with van der Waals surface area (Å²) in [7, 11) is 0. The van der Waals surface area contributed by atoms with Crippen molar-refractivity contribution in [2.75, 3.05) is 31.1 Å². The van der Waals surface area contributed by atoms with Gasteiger partial charge in [-0.25, -0.2) is 4.68 Å². The summed E-state index contributed by atoms with van der Waals surface area (Å²) in [6, 6.07) is 4.87. The summed E-state index contributed by atoms with van der Waals surface area (Å²) >= 11 is 0. The third kappa shape index (κ3) is 2.78. The Kier molecular flexibility index (Phi) is 3.96. The Hall–Kier alpha value is -2.74. The van der Waals surface area contributed by atoms with E-state index in [4.69, 9.17) is 0 Å². The van der Waals surface area contributed by atoms with Crippen LogP contribution in [0.4, 0.5) is 5.69 Å². The molecule has 2 saturated heterocycles. The lowest BCUT2D eigenvalue weighted by atomic mass is 10.1. The van der Waals surface area contributed by atoms with Crippen LogP contribution >= 0.6 is 0 Å². The van der Waals surface area contributed by atoms with Gasteiger partial charge in [-0.3, -0.25) is 19.7 Å². The van der Waals surface area contributed by atoms with Gasteiger partial charge in [0.15, 0.2) is 0 Å². The number of nitrogens with one attached hydrogen (secondary N) is 2. The highest BCUT2D eigenvalue weighted by Gasteiger charge is 2.30. The number of anilines is 1. The molecule has 2 amide bonds. The molecule has 1 aromatic carbocycles. The minimum atomic E-state index is -0.738. The monoisotopic (exact) mass is 341 g/mol. The fourth-order valence-electron chi connectivity index (χ4n) is 3.49. The highest BCUT2D eigenvalue weighted by atomic mass is 16.2. The molecule has 2 aliphatic rings. The van der Waals surface area contributed by atoms with Crippen LogP contribution in [0.5, 0.6) is 0 Å². The van der Waals surface area contributed by atoms with Gasteiger partial charge in [0.2, 0.25) is 5.91 Å². The van der Waals surface area contributed by atoms with Crippen LogP contribution in [-0.4, -0.2) is 47.8 Å². The lowest BCUT2D eigenvalue weighted by Crippen LogP contribution is -2.45. The Bertz CT molecular complexity index is 901. The number of rotatable bonds is 2. The van der Waals surface area contributed by atoms with Crippen LogP contribution < -0.4 is 21.1 Å². The summed E-state index contributed by atoms with van der Waals surface area (Å²) < 4.78 is 1.20. The molecule has 3 heterocycles. The van der Waals surface area contributed by atoms with Gasteiger partial charge in [0, 0.05) is 43.7 Å². The van der Waals surface area contributed by atoms with E-state index >= 15 is 0 Å². The molecule has 4 rings (SSSR count). The maximum atomic E-state index is 12.9. The lowest BCUT2D eigenvalue weighted by Gasteiger charge is -2.30. The molecule has 1 aromatic heterocycles. The number of hydrogen-bond acceptors (Lipinski definition) is 6. The van der Waals surface area contributed by atoms with E-state index in [9.17, 15) is 14.4 Å². The number of imide groups is 1. The Morgan fingerprint density at radius 2 is 1.88 bits per heavy atom. The SMILES string of the molecule is O=C1CCC(n2ncc3c(N4CCNCC4)cccc3c2=O)C(=O)N1. The highest BCUT2D eigenvalue weighted by molar-refractivity contribution is 5.99. The molecule has 8 heteroatoms. The Balaban J connectivity index is 1.77. The number of amides is 2. The number of hydrogen-bond donors (Lipinski definition) is 2. The summed E-state index contributed by atoms with van der Waals surface area (Å²) in [4.78, 5) is 38.5. The standard InChI is InChI=1S/C17H19N5O3/c23-15-5-4-14(16(24)20-15)22-17(25)11-2-1-3-13(12(11)10-19-22)21-8-6-18-7-9-21/h1-3,10,14,18H,4-9H2,(H,20,23,24). The minimum Gasteiger partial charge on any atom is -0.368 e. The summed E-state index contributed by atoms with van der Waals surface area (Å²) in [6.07, 6.45) is 2.15. The van der Waals surface area contributed by atoms with Gasteiger partial charge in [-0.15, -0.1) is 0 Å². The van der Waals surface area contributed by atoms with E-state index in [0.717, 1.165) is 37.3 Å². The van der Waals surface area contributed by atoms with Crippen molar-refractivity contribution in [1.82, 2.24) is 20.4 Å². The molecule has 0 saturated carbocycles. The average Bonchev–Trinajstić information content (AvgIpc) is 2.63. The first-order valence-electron chi connectivity index (χ1n) is 8.45. The molecule has 2 N–H and O–H groups in total. The number of fused-ring (bicyclic) bond motifs is 1. The molecule has 2 fully saturated rings. The number of piperidine rings is 1. The zero-order valence-electron chi connectivity index (χ0n) is 13.7. The predicted octanol–water partition coefficient (Wildman–Crippen LogP) is -0.216. The van der Waals surface area contributed by atoms with Crippen LogP contribution in [0.2, 0.25) is 0 Å². The average molecular weight is 341 g/mol. The van der Waals surface area contributed by atoms with E-state index in [-0.39, 0.29) is 17.9 Å². The van der Waals surface area contributed by atoms with E-state index in [2.05, 4.69) is 20.6 Å². The van der Waals surface area contributed by atoms with Crippen LogP contribution in [0.3, 0.4) is 0 Å². The summed E-state index contributed by atoms with van der Waals surface area (Å²) in [6.45, 7) is 3.54. The summed E-state index contributed by atoms with van der Waals surface area (Å²) in [5.41, 5.74) is 0.683. The minimum absolute atomic E-state index is 0.212. The van der Waals surface area contributed by atoms with Crippen molar-refractivity contribution in [1.29, 1.82) is 0 Å². The third-order valence-corrected chi connectivity index (χ3v) is 4.80. The smallest absolute Gasteiger partial charge is 0.275 e. The van der Waals surface area contributed by atoms with Gasteiger partial charge in [0.25, 0.3) is 11.5 Å². The van der Waals surface area contributed by atoms with Crippen molar-refractivity contribution in [2.45, 2.75) is 18.9 Å². The third-order valence-electron chi connectivity index (χ3n) is 4.80. The Labute approximate surface area is 143 Å². The van der Waals surface area contributed by atoms with E-state index in [1.54, 1.807) is 12.3 Å². The van der Waals surface area contributed by atoms with E-state index in [1.165, 1.54) is 4.68 Å². The lowest BCUT2D eigenvalue weighted by molar-refractivity contribution is -0.136. The number of piperazine rings is 1. The number of nitrogens with zero attached hydrogens (tertiary/aromatic N) is 3. The molecular formula is C17H19N5O3. The second kappa shape index (κ2) is 6.29. The van der Waals surface area contributed by atoms with Crippen molar-refractivity contribution >= 4 is 28.3 Å². The molecule has 1 unspecified atom stereocenters. The van der Waals surface area contributed by atoms with Crippen LogP contribution in [0.15, 0.2) is 29.2 Å². The van der Waals surface area contributed by atoms with Crippen molar-refractivity contribution in [3.63, 3.8) is 0 Å². The fraction of sp³-hybridized carbons (Fsp3) is 0.412. The first kappa shape index (κ1) is 15.8. The van der Waals surface area contributed by atoms with Gasteiger partial charge in [-0.1, -0.05) is 6.07 Å². The molecule has 0 aliphatic carbocycles. The fourth-order valence-corrected chi connectivity index (χ4v) is 3.49. The number of carbonyl (C=O) groups is 2. The van der Waals surface area contributed by atoms with Crippen molar-refractivity contribution in [2.24, 2.45) is 0 Å². The van der Waals surface area contributed by atoms with Gasteiger partial charge >= 0.3 is 0 Å². The molecule has 0 bridgehead atoms. The molecular weight excluding hydrogens is 322 g/mol. The molecule has 8 nitrogen and oxygen atoms in total. The largest absolute Gasteiger partial charge is 0.368 e. The summed E-state index contributed by atoms with van der Waals surface area (Å²) in [5, 5.41) is 11.2. The quantitative estimate of drug-likeness (QED) is 0.734. The van der Waals surface area contributed by atoms with Gasteiger partial charge in [0.05, 0.1) is 11.6 Å². The normalized spacial score (nSPS) is 21.4. The summed E-state index contributed by atoms with van der Waals surface area (Å²) in [5.74, 6) is -0.778. The van der Waals surface area contributed by atoms with E-state index in [1.807, 2.05) is 12.1 Å². The predicted molar refractivity (Wildman–Crippen MR) is 92.5 cm³/mol. The molecule has 130 valence electrons. The van der Waals surface area contributed by atoms with Gasteiger partial charge < -0.3 is 10.2 Å². The zero-order valence-corrected chi connectivity index (χ0v) is 13.7. The first-order valence-corrected chi connectivity index (χ1v) is 8.45. The second-order valence-electron chi connectivity index (χ2n) is 6.34. The van der Waals surface area contributed by atoms with E-state index in [0.29, 0.717) is 11.8 Å². The number of carbonyl (C=O) groups excluding carboxylic acids is 2. The van der Waals surface area contributed by atoms with Gasteiger partial charge in [0.1, 0.15) is 6.04 Å². The van der Waals surface area contributed by atoms with Crippen molar-refractivity contribution in [3.8, 4) is 0 Å². The van der Waals surface area contributed by atoms with Crippen LogP contribution in [0.1, 0.15) is 18.9 Å². The highest BCUT2D eigenvalue weighted by Crippen LogP contribution is 2.25. The molecule has 2 aliphatic heterocycles. The Morgan fingerprint density at radius 1 is 1.08 bits per heavy atom. The van der Waals surface area contributed by atoms with Crippen LogP contribution in [0, 0.1) is 0 Å². The zero-order chi connectivity index (χ0) is 17.4. The second-order valence-corrected chi connectivity index (χ2v) is 6.34. The van der Waals surface area contributed by atoms with Crippen LogP contribution in [-0.2, 0) is 9.59 Å². The Morgan fingerprint density at radius 3 is 2.64 bits per heavy atom.